The highest BCUT2D eigenvalue weighted by atomic mass is 16.5. The second-order valence-corrected chi connectivity index (χ2v) is 33.7. The molecule has 20 heteroatoms. The molecule has 3 aromatic heterocycles. The molecule has 9 aliphatic rings. The van der Waals surface area contributed by atoms with Crippen LogP contribution in [0, 0.1) is 27.7 Å². The molecule has 1 atom stereocenters. The fourth-order valence-electron chi connectivity index (χ4n) is 18.6. The van der Waals surface area contributed by atoms with Crippen LogP contribution in [0.5, 0.6) is 69.0 Å². The molecule has 1 unspecified atom stereocenters. The number of aliphatic imine (C=N–C) groups is 2. The fraction of sp³-hybridized carbons (Fsp3) is 0.259. The average Bonchev–Trinajstić information content (AvgIpc) is 1.64. The van der Waals surface area contributed by atoms with Crippen molar-refractivity contribution in [2.24, 2.45) is 9.98 Å². The summed E-state index contributed by atoms with van der Waals surface area (Å²) in [5.74, 6) is 11.1. The van der Waals surface area contributed by atoms with Gasteiger partial charge in [-0.05, 0) is 335 Å². The third kappa shape index (κ3) is 18.5. The summed E-state index contributed by atoms with van der Waals surface area (Å²) >= 11 is 0. The highest BCUT2D eigenvalue weighted by Gasteiger charge is 2.31. The smallest absolute Gasteiger partial charge is 0.166 e. The van der Waals surface area contributed by atoms with E-state index in [4.69, 9.17) is 81.8 Å². The number of benzene rings is 12. The molecule has 0 saturated heterocycles. The second-order valence-electron chi connectivity index (χ2n) is 33.7. The van der Waals surface area contributed by atoms with Gasteiger partial charge >= 0.3 is 0 Å². The van der Waals surface area contributed by atoms with Crippen LogP contribution in [0.3, 0.4) is 0 Å². The van der Waals surface area contributed by atoms with E-state index in [1.165, 1.54) is 44.5 Å². The molecule has 672 valence electrons. The maximum absolute atomic E-state index is 5.75. The van der Waals surface area contributed by atoms with E-state index in [9.17, 15) is 0 Å². The number of aromatic nitrogens is 6. The van der Waals surface area contributed by atoms with Gasteiger partial charge in [0.1, 0.15) is 40.5 Å². The normalized spacial score (nSPS) is 13.6. The molecule has 8 bridgehead atoms. The van der Waals surface area contributed by atoms with Gasteiger partial charge < -0.3 is 71.8 Å². The number of hydrogen-bond acceptors (Lipinski definition) is 17. The van der Waals surface area contributed by atoms with Crippen molar-refractivity contribution in [3.05, 3.63) is 302 Å². The third-order valence-electron chi connectivity index (χ3n) is 25.6. The van der Waals surface area contributed by atoms with Gasteiger partial charge in [-0.3, -0.25) is 9.98 Å². The van der Waals surface area contributed by atoms with Gasteiger partial charge in [-0.1, -0.05) is 54.6 Å². The number of rotatable bonds is 24. The monoisotopic (exact) mass is 1760 g/mol. The second kappa shape index (κ2) is 39.7. The third-order valence-corrected chi connectivity index (χ3v) is 25.6. The van der Waals surface area contributed by atoms with Crippen LogP contribution < -0.4 is 56.8 Å². The largest absolute Gasteiger partial charge is 0.496 e. The molecule has 0 amide bonds. The number of aromatic amines is 3. The lowest BCUT2D eigenvalue weighted by atomic mass is 9.91. The zero-order chi connectivity index (χ0) is 91.8. The van der Waals surface area contributed by atoms with Crippen LogP contribution >= 0.6 is 0 Å². The molecule has 0 radical (unpaired) electrons. The van der Waals surface area contributed by atoms with Crippen molar-refractivity contribution >= 4 is 11.4 Å². The van der Waals surface area contributed by atoms with Crippen molar-refractivity contribution in [3.63, 3.8) is 0 Å². The topological polar surface area (TPSA) is 222 Å². The van der Waals surface area contributed by atoms with E-state index in [-0.39, 0.29) is 0 Å². The lowest BCUT2D eigenvalue weighted by Crippen LogP contribution is -2.14. The number of methoxy groups -OCH3 is 12. The van der Waals surface area contributed by atoms with Gasteiger partial charge in [-0.15, -0.1) is 0 Å². The first-order valence-corrected chi connectivity index (χ1v) is 44.9. The summed E-state index contributed by atoms with van der Waals surface area (Å²) in [6.45, 7) is 8.24. The summed E-state index contributed by atoms with van der Waals surface area (Å²) in [6.07, 6.45) is 10.5. The maximum atomic E-state index is 5.75. The Labute approximate surface area is 772 Å². The quantitative estimate of drug-likeness (QED) is 0.0512. The van der Waals surface area contributed by atoms with Gasteiger partial charge in [-0.2, -0.15) is 0 Å². The number of H-pyrrole nitrogens is 3. The lowest BCUT2D eigenvalue weighted by molar-refractivity contribution is 0.355. The molecule has 24 rings (SSSR count). The molecule has 3 N–H and O–H groups in total. The number of aryl methyl sites for hydroxylation is 12. The van der Waals surface area contributed by atoms with E-state index >= 15 is 0 Å². The summed E-state index contributed by atoms with van der Waals surface area (Å²) in [4.78, 5) is 38.5. The predicted molar refractivity (Wildman–Crippen MR) is 526 cm³/mol. The molecule has 0 saturated carbocycles. The molecule has 8 aliphatic carbocycles. The summed E-state index contributed by atoms with van der Waals surface area (Å²) in [5, 5.41) is 0. The number of imidazole rings is 3. The summed E-state index contributed by atoms with van der Waals surface area (Å²) in [5.41, 5.74) is 33.3. The van der Waals surface area contributed by atoms with Crippen molar-refractivity contribution in [2.75, 3.05) is 85.3 Å². The van der Waals surface area contributed by atoms with Gasteiger partial charge in [0, 0.05) is 66.8 Å². The molecule has 0 spiro atoms. The van der Waals surface area contributed by atoms with E-state index in [0.29, 0.717) is 46.0 Å². The van der Waals surface area contributed by atoms with Gasteiger partial charge in [0.25, 0.3) is 0 Å². The fourth-order valence-corrected chi connectivity index (χ4v) is 18.6. The van der Waals surface area contributed by atoms with Crippen LogP contribution in [0.15, 0.2) is 228 Å². The Morgan fingerprint density at radius 2 is 0.470 bits per heavy atom. The van der Waals surface area contributed by atoms with Crippen LogP contribution in [0.4, 0.5) is 0 Å². The molecular formula is C112H112N8O12. The Morgan fingerprint density at radius 3 is 0.773 bits per heavy atom. The maximum Gasteiger partial charge on any atom is 0.166 e. The summed E-state index contributed by atoms with van der Waals surface area (Å²) in [6, 6.07) is 76.6. The van der Waals surface area contributed by atoms with E-state index in [1.54, 1.807) is 85.3 Å². The molecule has 12 aromatic carbocycles. The number of hydrogen-bond donors (Lipinski definition) is 3. The molecule has 0 fully saturated rings. The standard InChI is InChI=1S/2C56H56N4O6/c2*1-33-27-39(19-23-45(33)61-3)51-53(41-21-25-47(63-5)49(31-41)65-7)59-55(57-51)43-29-35-11-9-12-36-16-18-38(14-10-13-37(43)17-15-35)44(30-36)56-58-52(40-20-24-46(62-4)34(2)28-40)54(60-56)42-22-26-48(64-6)50(32-42)66-8/h15-32H,9-14H2,1-8H3,(H,57,59)(H,58,60);15-32,55H,9-14H2,1-8H3,(H,58,60). The summed E-state index contributed by atoms with van der Waals surface area (Å²) in [7, 11) is 20.0. The Hall–Kier alpha value is -14.8. The van der Waals surface area contributed by atoms with E-state index in [0.717, 1.165) is 252 Å². The molecule has 1 aliphatic heterocycles. The minimum absolute atomic E-state index is 0.416. The van der Waals surface area contributed by atoms with Crippen molar-refractivity contribution in [2.45, 2.75) is 111 Å². The Morgan fingerprint density at radius 1 is 0.227 bits per heavy atom. The van der Waals surface area contributed by atoms with Crippen LogP contribution in [0.2, 0.25) is 0 Å². The lowest BCUT2D eigenvalue weighted by Gasteiger charge is -2.17. The zero-order valence-corrected chi connectivity index (χ0v) is 78.0. The predicted octanol–water partition coefficient (Wildman–Crippen LogP) is 24.2. The van der Waals surface area contributed by atoms with Crippen LogP contribution in [-0.2, 0) is 51.4 Å². The molecule has 4 heterocycles. The van der Waals surface area contributed by atoms with Crippen LogP contribution in [0.25, 0.3) is 102 Å². The Kier molecular flexibility index (Phi) is 26.8. The Bertz CT molecular complexity index is 6670. The number of nitrogens with one attached hydrogen (secondary N) is 3. The van der Waals surface area contributed by atoms with Crippen LogP contribution in [-0.4, -0.2) is 127 Å². The van der Waals surface area contributed by atoms with E-state index < -0.39 is 6.17 Å². The number of nitrogens with zero attached hydrogens (tertiary/aromatic N) is 5. The molecule has 132 heavy (non-hydrogen) atoms. The van der Waals surface area contributed by atoms with Crippen molar-refractivity contribution in [1.82, 2.24) is 29.9 Å². The van der Waals surface area contributed by atoms with E-state index in [1.807, 2.05) is 97.1 Å². The van der Waals surface area contributed by atoms with Gasteiger partial charge in [0.15, 0.2) is 52.2 Å². The van der Waals surface area contributed by atoms with Gasteiger partial charge in [-0.25, -0.2) is 15.0 Å². The van der Waals surface area contributed by atoms with Gasteiger partial charge in [0.05, 0.1) is 131 Å². The highest BCUT2D eigenvalue weighted by Crippen LogP contribution is 2.46. The first-order chi connectivity index (χ1) is 64.4. The molecule has 20 nitrogen and oxygen atoms in total. The summed E-state index contributed by atoms with van der Waals surface area (Å²) < 4.78 is 67.9. The first kappa shape index (κ1) is 89.2. The number of ether oxygens (including phenoxy) is 12. The van der Waals surface area contributed by atoms with E-state index in [2.05, 4.69) is 164 Å². The highest BCUT2D eigenvalue weighted by molar-refractivity contribution is 6.54. The SMILES string of the molecule is COc1ccc(-c2nc(-c3cc4ccc3CCCc3ccc(cc3-c3nc(-c5ccc(OC)c(C)c5)c(-c5ccc(OC)c(OC)c5)[nH]3)CCC4)[nH]c2-c2ccc(OC)c(OC)c2)cc1C.COc1ccc(C2=NC(c3cc4ccc3CCCc3ccc(cc3-c3nc(-c5ccc(OC)c(C)c5)c(-c5ccc(OC)c(OC)c5)[nH]3)CCC4)N=C2c2ccc(OC)c(OC)c2)cc1C. The first-order valence-electron chi connectivity index (χ1n) is 44.9. The molecular weight excluding hydrogens is 1650 g/mol. The van der Waals surface area contributed by atoms with Crippen molar-refractivity contribution in [3.8, 4) is 171 Å². The van der Waals surface area contributed by atoms with Crippen LogP contribution in [0.1, 0.15) is 115 Å². The van der Waals surface area contributed by atoms with Gasteiger partial charge in [0.2, 0.25) is 0 Å². The molecule has 15 aromatic rings. The minimum Gasteiger partial charge on any atom is -0.496 e. The van der Waals surface area contributed by atoms with Crippen molar-refractivity contribution < 1.29 is 56.8 Å². The zero-order valence-electron chi connectivity index (χ0n) is 78.0. The minimum atomic E-state index is -0.416. The Balaban J connectivity index is 0.000000184. The average molecular weight is 1760 g/mol. The van der Waals surface area contributed by atoms with Crippen molar-refractivity contribution in [1.29, 1.82) is 0 Å².